The standard InChI is InChI=1S/C12H22N2O2/c1-3-16-10-7-9(12(10)5-4-6-12)14-11(15)8(2)13/h8-10H,3-7,13H2,1-2H3,(H,14,15)/t8-,9?,10?/m0/s1. The first-order chi connectivity index (χ1) is 7.60. The van der Waals surface area contributed by atoms with Crippen LogP contribution in [0, 0.1) is 5.41 Å². The Morgan fingerprint density at radius 1 is 1.62 bits per heavy atom. The van der Waals surface area contributed by atoms with E-state index in [2.05, 4.69) is 5.32 Å². The molecule has 4 heteroatoms. The molecule has 3 atom stereocenters. The van der Waals surface area contributed by atoms with Gasteiger partial charge in [0, 0.05) is 18.1 Å². The number of amides is 1. The zero-order valence-corrected chi connectivity index (χ0v) is 10.2. The van der Waals surface area contributed by atoms with Crippen LogP contribution in [0.15, 0.2) is 0 Å². The van der Waals surface area contributed by atoms with Crippen molar-refractivity contribution in [3.05, 3.63) is 0 Å². The summed E-state index contributed by atoms with van der Waals surface area (Å²) < 4.78 is 5.73. The Bertz CT molecular complexity index is 274. The van der Waals surface area contributed by atoms with Gasteiger partial charge in [-0.1, -0.05) is 6.42 Å². The number of hydrogen-bond acceptors (Lipinski definition) is 3. The van der Waals surface area contributed by atoms with Gasteiger partial charge in [0.2, 0.25) is 5.91 Å². The highest BCUT2D eigenvalue weighted by atomic mass is 16.5. The zero-order chi connectivity index (χ0) is 11.8. The van der Waals surface area contributed by atoms with Gasteiger partial charge in [-0.2, -0.15) is 0 Å². The number of nitrogens with one attached hydrogen (secondary N) is 1. The molecule has 2 fully saturated rings. The number of rotatable bonds is 4. The van der Waals surface area contributed by atoms with Crippen LogP contribution in [0.4, 0.5) is 0 Å². The summed E-state index contributed by atoms with van der Waals surface area (Å²) in [7, 11) is 0. The molecule has 2 aliphatic carbocycles. The first kappa shape index (κ1) is 11.9. The summed E-state index contributed by atoms with van der Waals surface area (Å²) in [5.41, 5.74) is 5.80. The van der Waals surface area contributed by atoms with Gasteiger partial charge in [-0.05, 0) is 33.1 Å². The van der Waals surface area contributed by atoms with Gasteiger partial charge in [-0.3, -0.25) is 4.79 Å². The maximum Gasteiger partial charge on any atom is 0.236 e. The van der Waals surface area contributed by atoms with Crippen LogP contribution in [0.3, 0.4) is 0 Å². The molecule has 2 rings (SSSR count). The van der Waals surface area contributed by atoms with Crippen molar-refractivity contribution in [3.63, 3.8) is 0 Å². The molecule has 0 aromatic carbocycles. The maximum absolute atomic E-state index is 11.6. The van der Waals surface area contributed by atoms with E-state index >= 15 is 0 Å². The maximum atomic E-state index is 11.6. The van der Waals surface area contributed by atoms with Crippen molar-refractivity contribution in [2.45, 2.75) is 57.7 Å². The number of carbonyl (C=O) groups is 1. The summed E-state index contributed by atoms with van der Waals surface area (Å²) in [4.78, 5) is 11.6. The second-order valence-corrected chi connectivity index (χ2v) is 5.12. The van der Waals surface area contributed by atoms with E-state index in [1.807, 2.05) is 6.92 Å². The largest absolute Gasteiger partial charge is 0.378 e. The minimum Gasteiger partial charge on any atom is -0.378 e. The van der Waals surface area contributed by atoms with E-state index in [1.54, 1.807) is 6.92 Å². The fraction of sp³-hybridized carbons (Fsp3) is 0.917. The molecule has 0 bridgehead atoms. The SMILES string of the molecule is CCOC1CC(NC(=O)[C@H](C)N)C12CCC2. The molecule has 3 N–H and O–H groups in total. The van der Waals surface area contributed by atoms with E-state index in [9.17, 15) is 4.79 Å². The van der Waals surface area contributed by atoms with Crippen LogP contribution in [0.1, 0.15) is 39.5 Å². The Kier molecular flexibility index (Phi) is 3.22. The molecular formula is C12H22N2O2. The normalized spacial score (nSPS) is 32.7. The van der Waals surface area contributed by atoms with E-state index in [1.165, 1.54) is 19.3 Å². The van der Waals surface area contributed by atoms with E-state index in [-0.39, 0.29) is 17.4 Å². The van der Waals surface area contributed by atoms with Gasteiger partial charge in [0.1, 0.15) is 0 Å². The molecule has 0 saturated heterocycles. The monoisotopic (exact) mass is 226 g/mol. The van der Waals surface area contributed by atoms with Gasteiger partial charge in [-0.25, -0.2) is 0 Å². The predicted octanol–water partition coefficient (Wildman–Crippen LogP) is 0.797. The lowest BCUT2D eigenvalue weighted by Gasteiger charge is -2.61. The summed E-state index contributed by atoms with van der Waals surface area (Å²) in [6.45, 7) is 4.52. The molecule has 0 heterocycles. The zero-order valence-electron chi connectivity index (χ0n) is 10.2. The van der Waals surface area contributed by atoms with Gasteiger partial charge < -0.3 is 15.8 Å². The number of nitrogens with two attached hydrogens (primary N) is 1. The van der Waals surface area contributed by atoms with Crippen molar-refractivity contribution in [1.82, 2.24) is 5.32 Å². The number of hydrogen-bond donors (Lipinski definition) is 2. The van der Waals surface area contributed by atoms with Crippen molar-refractivity contribution >= 4 is 5.91 Å². The second-order valence-electron chi connectivity index (χ2n) is 5.12. The summed E-state index contributed by atoms with van der Waals surface area (Å²) in [6, 6.07) is -0.125. The minimum atomic E-state index is -0.414. The van der Waals surface area contributed by atoms with Crippen LogP contribution in [-0.2, 0) is 9.53 Å². The lowest BCUT2D eigenvalue weighted by molar-refractivity contribution is -0.176. The smallest absolute Gasteiger partial charge is 0.236 e. The first-order valence-corrected chi connectivity index (χ1v) is 6.27. The van der Waals surface area contributed by atoms with Crippen LogP contribution in [0.2, 0.25) is 0 Å². The Morgan fingerprint density at radius 2 is 2.31 bits per heavy atom. The summed E-state index contributed by atoms with van der Waals surface area (Å²) >= 11 is 0. The fourth-order valence-electron chi connectivity index (χ4n) is 2.94. The third kappa shape index (κ3) is 1.74. The van der Waals surface area contributed by atoms with E-state index in [0.717, 1.165) is 13.0 Å². The van der Waals surface area contributed by atoms with Crippen molar-refractivity contribution in [2.75, 3.05) is 6.61 Å². The molecule has 0 aliphatic heterocycles. The molecule has 2 aliphatic rings. The molecule has 2 unspecified atom stereocenters. The average molecular weight is 226 g/mol. The van der Waals surface area contributed by atoms with Gasteiger partial charge in [0.05, 0.1) is 12.1 Å². The Morgan fingerprint density at radius 3 is 2.75 bits per heavy atom. The minimum absolute atomic E-state index is 0.0359. The van der Waals surface area contributed by atoms with Crippen LogP contribution in [-0.4, -0.2) is 30.7 Å². The van der Waals surface area contributed by atoms with Gasteiger partial charge in [0.15, 0.2) is 0 Å². The fourth-order valence-corrected chi connectivity index (χ4v) is 2.94. The van der Waals surface area contributed by atoms with Crippen LogP contribution < -0.4 is 11.1 Å². The van der Waals surface area contributed by atoms with Crippen molar-refractivity contribution in [1.29, 1.82) is 0 Å². The Labute approximate surface area is 96.9 Å². The molecule has 0 aromatic rings. The third-order valence-electron chi connectivity index (χ3n) is 4.17. The van der Waals surface area contributed by atoms with Crippen LogP contribution in [0.5, 0.6) is 0 Å². The first-order valence-electron chi connectivity index (χ1n) is 6.27. The predicted molar refractivity (Wildman–Crippen MR) is 61.9 cm³/mol. The summed E-state index contributed by atoms with van der Waals surface area (Å²) in [5, 5.41) is 3.05. The van der Waals surface area contributed by atoms with Crippen molar-refractivity contribution < 1.29 is 9.53 Å². The molecule has 2 saturated carbocycles. The van der Waals surface area contributed by atoms with Crippen molar-refractivity contribution in [3.8, 4) is 0 Å². The van der Waals surface area contributed by atoms with E-state index in [4.69, 9.17) is 10.5 Å². The number of ether oxygens (including phenoxy) is 1. The Balaban J connectivity index is 1.91. The second kappa shape index (κ2) is 4.34. The molecule has 1 amide bonds. The van der Waals surface area contributed by atoms with Crippen molar-refractivity contribution in [2.24, 2.45) is 11.1 Å². The third-order valence-corrected chi connectivity index (χ3v) is 4.17. The lowest BCUT2D eigenvalue weighted by atomic mass is 9.51. The highest BCUT2D eigenvalue weighted by Crippen LogP contribution is 2.57. The quantitative estimate of drug-likeness (QED) is 0.745. The van der Waals surface area contributed by atoms with E-state index in [0.29, 0.717) is 6.10 Å². The molecule has 0 aromatic heterocycles. The average Bonchev–Trinajstić information content (AvgIpc) is 2.12. The molecule has 4 nitrogen and oxygen atoms in total. The Hall–Kier alpha value is -0.610. The molecule has 0 radical (unpaired) electrons. The van der Waals surface area contributed by atoms with Gasteiger partial charge in [0.25, 0.3) is 0 Å². The topological polar surface area (TPSA) is 64.3 Å². The number of carbonyl (C=O) groups excluding carboxylic acids is 1. The van der Waals surface area contributed by atoms with E-state index < -0.39 is 6.04 Å². The molecule has 1 spiro atoms. The van der Waals surface area contributed by atoms with Crippen LogP contribution in [0.25, 0.3) is 0 Å². The summed E-state index contributed by atoms with van der Waals surface area (Å²) in [6.07, 6.45) is 4.92. The lowest BCUT2D eigenvalue weighted by Crippen LogP contribution is -2.68. The highest BCUT2D eigenvalue weighted by molar-refractivity contribution is 5.81. The molecule has 16 heavy (non-hydrogen) atoms. The summed E-state index contributed by atoms with van der Waals surface area (Å²) in [5.74, 6) is -0.0359. The van der Waals surface area contributed by atoms with Crippen LogP contribution >= 0.6 is 0 Å². The molecular weight excluding hydrogens is 204 g/mol. The van der Waals surface area contributed by atoms with Gasteiger partial charge >= 0.3 is 0 Å². The molecule has 92 valence electrons. The van der Waals surface area contributed by atoms with Gasteiger partial charge in [-0.15, -0.1) is 0 Å². The highest BCUT2D eigenvalue weighted by Gasteiger charge is 2.59.